The molecule has 2 aromatic rings. The highest BCUT2D eigenvalue weighted by Crippen LogP contribution is 2.32. The lowest BCUT2D eigenvalue weighted by molar-refractivity contribution is -0.127. The molecular formula is C22H30N2O2. The maximum atomic E-state index is 12.7. The molecule has 4 heteroatoms. The van der Waals surface area contributed by atoms with Gasteiger partial charge in [0, 0.05) is 24.7 Å². The standard InChI is InChI=1S/C22H30N2O2/c1-3-21(25)19(22(26)17-8-5-4-6-9-17)15-18-11-10-16(2)14-20(18)24-13-7-12-23-24/h7,10-14,17,19,22,26H,3-6,8-9,15H2,1-2H3/t19-,22+/m0/s1. The molecule has 0 aliphatic heterocycles. The molecule has 1 saturated carbocycles. The van der Waals surface area contributed by atoms with E-state index in [1.807, 2.05) is 23.9 Å². The van der Waals surface area contributed by atoms with Crippen LogP contribution in [0.15, 0.2) is 36.7 Å². The minimum absolute atomic E-state index is 0.162. The van der Waals surface area contributed by atoms with Gasteiger partial charge in [0.1, 0.15) is 5.78 Å². The zero-order chi connectivity index (χ0) is 18.5. The smallest absolute Gasteiger partial charge is 0.138 e. The molecule has 0 bridgehead atoms. The molecule has 1 aromatic heterocycles. The van der Waals surface area contributed by atoms with Crippen molar-refractivity contribution in [1.29, 1.82) is 0 Å². The minimum atomic E-state index is -0.547. The third-order valence-corrected chi connectivity index (χ3v) is 5.74. The van der Waals surface area contributed by atoms with E-state index in [-0.39, 0.29) is 17.6 Å². The molecule has 2 atom stereocenters. The molecule has 1 N–H and O–H groups in total. The van der Waals surface area contributed by atoms with Crippen LogP contribution in [0.25, 0.3) is 5.69 Å². The van der Waals surface area contributed by atoms with Crippen LogP contribution in [-0.2, 0) is 11.2 Å². The van der Waals surface area contributed by atoms with Crippen molar-refractivity contribution in [3.63, 3.8) is 0 Å². The molecule has 0 unspecified atom stereocenters. The third kappa shape index (κ3) is 4.24. The Labute approximate surface area is 156 Å². The van der Waals surface area contributed by atoms with Crippen LogP contribution in [0.2, 0.25) is 0 Å². The van der Waals surface area contributed by atoms with Crippen molar-refractivity contribution in [3.8, 4) is 5.69 Å². The average Bonchev–Trinajstić information content (AvgIpc) is 3.21. The van der Waals surface area contributed by atoms with Gasteiger partial charge >= 0.3 is 0 Å². The molecule has 1 fully saturated rings. The second kappa shape index (κ2) is 8.63. The molecule has 3 rings (SSSR count). The second-order valence-corrected chi connectivity index (χ2v) is 7.60. The van der Waals surface area contributed by atoms with Crippen molar-refractivity contribution in [3.05, 3.63) is 47.8 Å². The van der Waals surface area contributed by atoms with Crippen LogP contribution < -0.4 is 0 Å². The van der Waals surface area contributed by atoms with Gasteiger partial charge in [-0.25, -0.2) is 4.68 Å². The Bertz CT molecular complexity index is 718. The highest BCUT2D eigenvalue weighted by Gasteiger charge is 2.33. The SMILES string of the molecule is CCC(=O)[C@H](Cc1ccc(C)cc1-n1cccn1)[C@H](O)C1CCCCC1. The largest absolute Gasteiger partial charge is 0.392 e. The number of aliphatic hydroxyl groups is 1. The Morgan fingerprint density at radius 2 is 2.08 bits per heavy atom. The molecule has 1 aliphatic carbocycles. The zero-order valence-corrected chi connectivity index (χ0v) is 15.9. The van der Waals surface area contributed by atoms with E-state index in [1.165, 1.54) is 6.42 Å². The Morgan fingerprint density at radius 3 is 2.73 bits per heavy atom. The lowest BCUT2D eigenvalue weighted by Crippen LogP contribution is -2.37. The third-order valence-electron chi connectivity index (χ3n) is 5.74. The van der Waals surface area contributed by atoms with E-state index >= 15 is 0 Å². The summed E-state index contributed by atoms with van der Waals surface area (Å²) in [5.74, 6) is 0.0815. The van der Waals surface area contributed by atoms with E-state index in [0.717, 1.165) is 42.5 Å². The van der Waals surface area contributed by atoms with Crippen molar-refractivity contribution in [2.24, 2.45) is 11.8 Å². The predicted molar refractivity (Wildman–Crippen MR) is 103 cm³/mol. The average molecular weight is 354 g/mol. The molecular weight excluding hydrogens is 324 g/mol. The number of nitrogens with zero attached hydrogens (tertiary/aromatic N) is 2. The number of ketones is 1. The van der Waals surface area contributed by atoms with Crippen LogP contribution in [0.4, 0.5) is 0 Å². The quantitative estimate of drug-likeness (QED) is 0.808. The first-order chi connectivity index (χ1) is 12.6. The van der Waals surface area contributed by atoms with Crippen LogP contribution in [0.1, 0.15) is 56.6 Å². The maximum Gasteiger partial charge on any atom is 0.138 e. The van der Waals surface area contributed by atoms with E-state index in [2.05, 4.69) is 30.2 Å². The van der Waals surface area contributed by atoms with Gasteiger partial charge in [-0.05, 0) is 55.4 Å². The summed E-state index contributed by atoms with van der Waals surface area (Å²) >= 11 is 0. The van der Waals surface area contributed by atoms with Crippen molar-refractivity contribution in [2.75, 3.05) is 0 Å². The van der Waals surface area contributed by atoms with Crippen LogP contribution in [0.3, 0.4) is 0 Å². The number of aryl methyl sites for hydroxylation is 1. The topological polar surface area (TPSA) is 55.1 Å². The monoisotopic (exact) mass is 354 g/mol. The van der Waals surface area contributed by atoms with Crippen LogP contribution >= 0.6 is 0 Å². The summed E-state index contributed by atoms with van der Waals surface area (Å²) in [7, 11) is 0. The highest BCUT2D eigenvalue weighted by molar-refractivity contribution is 5.81. The fourth-order valence-corrected chi connectivity index (χ4v) is 4.20. The maximum absolute atomic E-state index is 12.7. The summed E-state index contributed by atoms with van der Waals surface area (Å²) in [6.45, 7) is 3.95. The summed E-state index contributed by atoms with van der Waals surface area (Å²) in [5.41, 5.74) is 3.23. The Kier molecular flexibility index (Phi) is 6.25. The fourth-order valence-electron chi connectivity index (χ4n) is 4.20. The molecule has 0 radical (unpaired) electrons. The van der Waals surface area contributed by atoms with E-state index < -0.39 is 6.10 Å². The van der Waals surface area contributed by atoms with Gasteiger partial charge in [0.25, 0.3) is 0 Å². The molecule has 4 nitrogen and oxygen atoms in total. The van der Waals surface area contributed by atoms with Gasteiger partial charge in [0.2, 0.25) is 0 Å². The van der Waals surface area contributed by atoms with Gasteiger partial charge < -0.3 is 5.11 Å². The van der Waals surface area contributed by atoms with Gasteiger partial charge in [-0.3, -0.25) is 4.79 Å². The number of aliphatic hydroxyl groups excluding tert-OH is 1. The number of carbonyl (C=O) groups is 1. The Morgan fingerprint density at radius 1 is 1.31 bits per heavy atom. The summed E-state index contributed by atoms with van der Waals surface area (Å²) < 4.78 is 1.85. The molecule has 0 spiro atoms. The Hall–Kier alpha value is -1.94. The summed E-state index contributed by atoms with van der Waals surface area (Å²) in [5, 5.41) is 15.4. The van der Waals surface area contributed by atoms with Crippen molar-refractivity contribution < 1.29 is 9.90 Å². The van der Waals surface area contributed by atoms with Crippen molar-refractivity contribution in [2.45, 2.75) is 64.9 Å². The van der Waals surface area contributed by atoms with Gasteiger partial charge in [-0.1, -0.05) is 38.3 Å². The first-order valence-electron chi connectivity index (χ1n) is 9.90. The van der Waals surface area contributed by atoms with Crippen LogP contribution in [0, 0.1) is 18.8 Å². The number of carbonyl (C=O) groups excluding carboxylic acids is 1. The molecule has 0 amide bonds. The molecule has 0 saturated heterocycles. The van der Waals surface area contributed by atoms with E-state index in [1.54, 1.807) is 6.20 Å². The lowest BCUT2D eigenvalue weighted by atomic mass is 9.76. The second-order valence-electron chi connectivity index (χ2n) is 7.60. The molecule has 1 aromatic carbocycles. The summed E-state index contributed by atoms with van der Waals surface area (Å²) in [6.07, 6.45) is 9.83. The van der Waals surface area contributed by atoms with Gasteiger partial charge in [-0.2, -0.15) is 5.10 Å². The molecule has 1 heterocycles. The van der Waals surface area contributed by atoms with E-state index in [4.69, 9.17) is 0 Å². The molecule has 140 valence electrons. The van der Waals surface area contributed by atoms with Gasteiger partial charge in [0.05, 0.1) is 11.8 Å². The number of rotatable bonds is 7. The fraction of sp³-hybridized carbons (Fsp3) is 0.545. The van der Waals surface area contributed by atoms with Gasteiger partial charge in [0.15, 0.2) is 0 Å². The van der Waals surface area contributed by atoms with Crippen LogP contribution in [-0.4, -0.2) is 26.8 Å². The van der Waals surface area contributed by atoms with Crippen molar-refractivity contribution in [1.82, 2.24) is 9.78 Å². The summed E-state index contributed by atoms with van der Waals surface area (Å²) in [6, 6.07) is 8.15. The normalized spacial score (nSPS) is 17.8. The number of aromatic nitrogens is 2. The van der Waals surface area contributed by atoms with E-state index in [9.17, 15) is 9.90 Å². The lowest BCUT2D eigenvalue weighted by Gasteiger charge is -2.32. The van der Waals surface area contributed by atoms with E-state index in [0.29, 0.717) is 12.8 Å². The Balaban J connectivity index is 1.88. The first kappa shape index (κ1) is 18.8. The van der Waals surface area contributed by atoms with Crippen LogP contribution in [0.5, 0.6) is 0 Å². The first-order valence-corrected chi connectivity index (χ1v) is 9.90. The number of hydrogen-bond donors (Lipinski definition) is 1. The van der Waals surface area contributed by atoms with Crippen molar-refractivity contribution >= 4 is 5.78 Å². The molecule has 1 aliphatic rings. The summed E-state index contributed by atoms with van der Waals surface area (Å²) in [4.78, 5) is 12.7. The predicted octanol–water partition coefficient (Wildman–Crippen LogP) is 4.26. The highest BCUT2D eigenvalue weighted by atomic mass is 16.3. The zero-order valence-electron chi connectivity index (χ0n) is 15.9. The number of Topliss-reactive ketones (excluding diaryl/α,β-unsaturated/α-hetero) is 1. The number of hydrogen-bond acceptors (Lipinski definition) is 3. The minimum Gasteiger partial charge on any atom is -0.392 e. The number of benzene rings is 1. The molecule has 26 heavy (non-hydrogen) atoms. The van der Waals surface area contributed by atoms with Gasteiger partial charge in [-0.15, -0.1) is 0 Å².